The van der Waals surface area contributed by atoms with Crippen molar-refractivity contribution in [1.29, 1.82) is 0 Å². The minimum Gasteiger partial charge on any atom is -0.508 e. The number of aryl methyl sites for hydroxylation is 1. The molecule has 15 heavy (non-hydrogen) atoms. The second-order valence-corrected chi connectivity index (χ2v) is 3.46. The molecule has 0 aliphatic rings. The number of carboxylic acids is 1. The lowest BCUT2D eigenvalue weighted by Gasteiger charge is -2.07. The van der Waals surface area contributed by atoms with Gasteiger partial charge in [0, 0.05) is 0 Å². The summed E-state index contributed by atoms with van der Waals surface area (Å²) in [5.74, 6) is -0.793. The number of hydrogen-bond donors (Lipinski definition) is 3. The maximum absolute atomic E-state index is 10.3. The van der Waals surface area contributed by atoms with Crippen LogP contribution in [-0.4, -0.2) is 27.4 Å². The van der Waals surface area contributed by atoms with Gasteiger partial charge in [-0.05, 0) is 30.5 Å². The number of aliphatic hydroxyl groups is 1. The van der Waals surface area contributed by atoms with Gasteiger partial charge in [0.05, 0.1) is 12.5 Å². The second-order valence-electron chi connectivity index (χ2n) is 3.46. The SMILES string of the molecule is O=C(O)C[C@@H](O)CCc1ccc(O)cc1. The molecule has 0 aliphatic carbocycles. The molecule has 82 valence electrons. The summed E-state index contributed by atoms with van der Waals surface area (Å²) in [6.45, 7) is 0. The van der Waals surface area contributed by atoms with Crippen molar-refractivity contribution in [1.82, 2.24) is 0 Å². The monoisotopic (exact) mass is 210 g/mol. The molecule has 4 heteroatoms. The summed E-state index contributed by atoms with van der Waals surface area (Å²) in [6.07, 6.45) is -0.0135. The molecule has 0 saturated carbocycles. The Bertz CT molecular complexity index is 318. The highest BCUT2D eigenvalue weighted by atomic mass is 16.4. The summed E-state index contributed by atoms with van der Waals surface area (Å²) in [5.41, 5.74) is 0.970. The average molecular weight is 210 g/mol. The average Bonchev–Trinajstić information content (AvgIpc) is 2.16. The number of rotatable bonds is 5. The second kappa shape index (κ2) is 5.36. The first-order valence-electron chi connectivity index (χ1n) is 4.75. The van der Waals surface area contributed by atoms with Crippen molar-refractivity contribution in [3.63, 3.8) is 0 Å². The molecule has 4 nitrogen and oxygen atoms in total. The third-order valence-electron chi connectivity index (χ3n) is 2.11. The molecule has 3 N–H and O–H groups in total. The largest absolute Gasteiger partial charge is 0.508 e. The van der Waals surface area contributed by atoms with Crippen LogP contribution in [0.1, 0.15) is 18.4 Å². The van der Waals surface area contributed by atoms with Crippen LogP contribution in [0.15, 0.2) is 24.3 Å². The van der Waals surface area contributed by atoms with Crippen LogP contribution in [0.25, 0.3) is 0 Å². The summed E-state index contributed by atoms with van der Waals surface area (Å²) in [5, 5.41) is 26.8. The maximum Gasteiger partial charge on any atom is 0.305 e. The standard InChI is InChI=1S/C11H14O4/c12-9-4-1-8(2-5-9)3-6-10(13)7-11(14)15/h1-2,4-5,10,12-13H,3,6-7H2,(H,14,15)/t10-/m0/s1. The third-order valence-corrected chi connectivity index (χ3v) is 2.11. The first-order valence-corrected chi connectivity index (χ1v) is 4.75. The van der Waals surface area contributed by atoms with Crippen molar-refractivity contribution in [2.75, 3.05) is 0 Å². The van der Waals surface area contributed by atoms with E-state index in [1.54, 1.807) is 24.3 Å². The Morgan fingerprint density at radius 1 is 1.27 bits per heavy atom. The molecule has 0 aromatic heterocycles. The fourth-order valence-electron chi connectivity index (χ4n) is 1.30. The van der Waals surface area contributed by atoms with Crippen LogP contribution < -0.4 is 0 Å². The Hall–Kier alpha value is -1.55. The number of aliphatic hydroxyl groups excluding tert-OH is 1. The zero-order chi connectivity index (χ0) is 11.3. The smallest absolute Gasteiger partial charge is 0.305 e. The van der Waals surface area contributed by atoms with Crippen LogP contribution in [-0.2, 0) is 11.2 Å². The molecule has 0 radical (unpaired) electrons. The van der Waals surface area contributed by atoms with Crippen LogP contribution in [0, 0.1) is 0 Å². The van der Waals surface area contributed by atoms with Gasteiger partial charge in [0.15, 0.2) is 0 Å². The number of hydrogen-bond acceptors (Lipinski definition) is 3. The molecule has 0 saturated heterocycles. The lowest BCUT2D eigenvalue weighted by molar-refractivity contribution is -0.139. The normalized spacial score (nSPS) is 12.3. The molecule has 1 rings (SSSR count). The summed E-state index contributed by atoms with van der Waals surface area (Å²) < 4.78 is 0. The predicted octanol–water partition coefficient (Wildman–Crippen LogP) is 1.16. The van der Waals surface area contributed by atoms with E-state index in [0.29, 0.717) is 12.8 Å². The number of carboxylic acid groups (broad SMARTS) is 1. The van der Waals surface area contributed by atoms with Crippen molar-refractivity contribution in [3.8, 4) is 5.75 Å². The minimum atomic E-state index is -0.992. The summed E-state index contributed by atoms with van der Waals surface area (Å²) >= 11 is 0. The van der Waals surface area contributed by atoms with Crippen molar-refractivity contribution < 1.29 is 20.1 Å². The number of aliphatic carboxylic acids is 1. The van der Waals surface area contributed by atoms with Gasteiger partial charge in [0.1, 0.15) is 5.75 Å². The van der Waals surface area contributed by atoms with Crippen LogP contribution in [0.3, 0.4) is 0 Å². The van der Waals surface area contributed by atoms with Gasteiger partial charge < -0.3 is 15.3 Å². The van der Waals surface area contributed by atoms with Gasteiger partial charge >= 0.3 is 5.97 Å². The molecule has 1 aromatic carbocycles. The lowest BCUT2D eigenvalue weighted by Crippen LogP contribution is -2.13. The van der Waals surface area contributed by atoms with Crippen molar-refractivity contribution in [2.24, 2.45) is 0 Å². The van der Waals surface area contributed by atoms with Gasteiger partial charge in [-0.1, -0.05) is 12.1 Å². The topological polar surface area (TPSA) is 77.8 Å². The van der Waals surface area contributed by atoms with Gasteiger partial charge in [-0.15, -0.1) is 0 Å². The Kier molecular flexibility index (Phi) is 4.12. The van der Waals surface area contributed by atoms with E-state index < -0.39 is 12.1 Å². The number of phenols is 1. The van der Waals surface area contributed by atoms with Crippen molar-refractivity contribution in [2.45, 2.75) is 25.4 Å². The molecule has 0 spiro atoms. The van der Waals surface area contributed by atoms with Crippen molar-refractivity contribution in [3.05, 3.63) is 29.8 Å². The highest BCUT2D eigenvalue weighted by Crippen LogP contribution is 2.12. The molecule has 0 aliphatic heterocycles. The lowest BCUT2D eigenvalue weighted by atomic mass is 10.1. The maximum atomic E-state index is 10.3. The molecule has 0 bridgehead atoms. The van der Waals surface area contributed by atoms with E-state index >= 15 is 0 Å². The van der Waals surface area contributed by atoms with E-state index in [9.17, 15) is 9.90 Å². The fourth-order valence-corrected chi connectivity index (χ4v) is 1.30. The Labute approximate surface area is 87.8 Å². The molecule has 0 heterocycles. The minimum absolute atomic E-state index is 0.199. The highest BCUT2D eigenvalue weighted by Gasteiger charge is 2.09. The summed E-state index contributed by atoms with van der Waals surface area (Å²) in [7, 11) is 0. The van der Waals surface area contributed by atoms with Gasteiger partial charge in [-0.2, -0.15) is 0 Å². The Morgan fingerprint density at radius 2 is 1.87 bits per heavy atom. The first kappa shape index (κ1) is 11.5. The van der Waals surface area contributed by atoms with Crippen molar-refractivity contribution >= 4 is 5.97 Å². The van der Waals surface area contributed by atoms with Crippen LogP contribution in [0.4, 0.5) is 0 Å². The molecule has 0 fully saturated rings. The number of benzene rings is 1. The Balaban J connectivity index is 2.36. The first-order chi connectivity index (χ1) is 7.08. The highest BCUT2D eigenvalue weighted by molar-refractivity contribution is 5.67. The third kappa shape index (κ3) is 4.46. The van der Waals surface area contributed by atoms with Gasteiger partial charge in [0.25, 0.3) is 0 Å². The fraction of sp³-hybridized carbons (Fsp3) is 0.364. The van der Waals surface area contributed by atoms with Gasteiger partial charge in [0.2, 0.25) is 0 Å². The van der Waals surface area contributed by atoms with E-state index in [4.69, 9.17) is 10.2 Å². The molecule has 1 aromatic rings. The summed E-state index contributed by atoms with van der Waals surface area (Å²) in [6, 6.07) is 6.64. The van der Waals surface area contributed by atoms with E-state index in [1.165, 1.54) is 0 Å². The van der Waals surface area contributed by atoms with Crippen LogP contribution >= 0.6 is 0 Å². The van der Waals surface area contributed by atoms with E-state index in [1.807, 2.05) is 0 Å². The predicted molar refractivity (Wildman–Crippen MR) is 54.7 cm³/mol. The van der Waals surface area contributed by atoms with E-state index in [0.717, 1.165) is 5.56 Å². The van der Waals surface area contributed by atoms with Gasteiger partial charge in [-0.25, -0.2) is 0 Å². The molecular formula is C11H14O4. The Morgan fingerprint density at radius 3 is 2.40 bits per heavy atom. The van der Waals surface area contributed by atoms with E-state index in [-0.39, 0.29) is 12.2 Å². The molecule has 0 amide bonds. The molecular weight excluding hydrogens is 196 g/mol. The van der Waals surface area contributed by atoms with Crippen LogP contribution in [0.2, 0.25) is 0 Å². The van der Waals surface area contributed by atoms with Crippen LogP contribution in [0.5, 0.6) is 5.75 Å². The number of carbonyl (C=O) groups is 1. The number of aromatic hydroxyl groups is 1. The van der Waals surface area contributed by atoms with Gasteiger partial charge in [-0.3, -0.25) is 4.79 Å². The number of phenolic OH excluding ortho intramolecular Hbond substituents is 1. The summed E-state index contributed by atoms with van der Waals surface area (Å²) in [4.78, 5) is 10.3. The quantitative estimate of drug-likeness (QED) is 0.681. The zero-order valence-electron chi connectivity index (χ0n) is 8.26. The molecule has 1 atom stereocenters. The molecule has 0 unspecified atom stereocenters. The zero-order valence-corrected chi connectivity index (χ0v) is 8.26. The van der Waals surface area contributed by atoms with E-state index in [2.05, 4.69) is 0 Å².